The summed E-state index contributed by atoms with van der Waals surface area (Å²) >= 11 is 0. The van der Waals surface area contributed by atoms with Crippen molar-refractivity contribution in [2.24, 2.45) is 0 Å². The van der Waals surface area contributed by atoms with Crippen LogP contribution in [-0.4, -0.2) is 46.6 Å². The zero-order chi connectivity index (χ0) is 24.4. The number of benzene rings is 3. The molecule has 3 aromatic carbocycles. The summed E-state index contributed by atoms with van der Waals surface area (Å²) < 4.78 is 7.98. The molecule has 1 aromatic heterocycles. The smallest absolute Gasteiger partial charge is 0.410 e. The summed E-state index contributed by atoms with van der Waals surface area (Å²) in [4.78, 5) is 16.9. The second kappa shape index (κ2) is 10.1. The van der Waals surface area contributed by atoms with Crippen LogP contribution in [0.5, 0.6) is 0 Å². The predicted octanol–water partition coefficient (Wildman–Crippen LogP) is 6.39. The molecule has 0 radical (unpaired) electrons. The lowest BCUT2D eigenvalue weighted by molar-refractivity contribution is 0.0700. The fourth-order valence-corrected chi connectivity index (χ4v) is 5.12. The number of ether oxygens (including phenoxy) is 1. The number of fused-ring (bicyclic) bond motifs is 3. The summed E-state index contributed by atoms with van der Waals surface area (Å²) in [6, 6.07) is 23.8. The number of rotatable bonds is 6. The van der Waals surface area contributed by atoms with Crippen molar-refractivity contribution in [1.29, 1.82) is 0 Å². The normalized spacial score (nSPS) is 14.8. The Labute approximate surface area is 207 Å². The zero-order valence-corrected chi connectivity index (χ0v) is 21.0. The van der Waals surface area contributed by atoms with Gasteiger partial charge in [0.25, 0.3) is 0 Å². The molecule has 182 valence electrons. The van der Waals surface area contributed by atoms with Gasteiger partial charge in [0, 0.05) is 61.1 Å². The number of para-hydroxylation sites is 1. The third kappa shape index (κ3) is 4.92. The molecule has 5 rings (SSSR count). The molecule has 0 unspecified atom stereocenters. The fourth-order valence-electron chi connectivity index (χ4n) is 5.12. The van der Waals surface area contributed by atoms with Crippen LogP contribution in [0.25, 0.3) is 21.8 Å². The van der Waals surface area contributed by atoms with Gasteiger partial charge in [-0.15, -0.1) is 0 Å². The summed E-state index contributed by atoms with van der Waals surface area (Å²) in [6.45, 7) is 11.8. The summed E-state index contributed by atoms with van der Waals surface area (Å²) in [5.74, 6) is 0.501. The van der Waals surface area contributed by atoms with Gasteiger partial charge in [0.05, 0.1) is 0 Å². The van der Waals surface area contributed by atoms with E-state index in [0.29, 0.717) is 25.6 Å². The van der Waals surface area contributed by atoms with Crippen LogP contribution in [0.15, 0.2) is 66.7 Å². The van der Waals surface area contributed by atoms with E-state index in [1.807, 2.05) is 4.90 Å². The molecule has 1 aliphatic heterocycles. The molecule has 0 saturated carbocycles. The van der Waals surface area contributed by atoms with E-state index < -0.39 is 0 Å². The minimum absolute atomic E-state index is 0.216. The van der Waals surface area contributed by atoms with Gasteiger partial charge < -0.3 is 14.2 Å². The van der Waals surface area contributed by atoms with Gasteiger partial charge in [-0.05, 0) is 47.7 Å². The number of piperazine rings is 1. The second-order valence-corrected chi connectivity index (χ2v) is 9.83. The lowest BCUT2D eigenvalue weighted by Gasteiger charge is -2.34. The van der Waals surface area contributed by atoms with Gasteiger partial charge >= 0.3 is 6.09 Å². The molecule has 4 aromatic rings. The van der Waals surface area contributed by atoms with E-state index in [4.69, 9.17) is 4.74 Å². The molecule has 0 aliphatic carbocycles. The van der Waals surface area contributed by atoms with Crippen LogP contribution in [0.1, 0.15) is 43.4 Å². The maximum atomic E-state index is 12.6. The van der Waals surface area contributed by atoms with Crippen molar-refractivity contribution in [3.05, 3.63) is 83.4 Å². The lowest BCUT2D eigenvalue weighted by Crippen LogP contribution is -2.48. The van der Waals surface area contributed by atoms with Crippen molar-refractivity contribution in [3.63, 3.8) is 0 Å². The number of hydrogen-bond donors (Lipinski definition) is 0. The topological polar surface area (TPSA) is 37.7 Å². The van der Waals surface area contributed by atoms with Gasteiger partial charge in [0.15, 0.2) is 0 Å². The van der Waals surface area contributed by atoms with E-state index in [1.54, 1.807) is 0 Å². The average Bonchev–Trinajstić information content (AvgIpc) is 3.21. The molecule has 1 aliphatic rings. The number of amides is 1. The molecular weight excluding hydrogens is 434 g/mol. The van der Waals surface area contributed by atoms with E-state index in [2.05, 4.69) is 97.0 Å². The van der Waals surface area contributed by atoms with Gasteiger partial charge in [0.1, 0.15) is 6.61 Å². The van der Waals surface area contributed by atoms with Crippen molar-refractivity contribution in [1.82, 2.24) is 14.4 Å². The Morgan fingerprint density at radius 1 is 0.857 bits per heavy atom. The standard InChI is InChI=1S/C30H35N3O2/c1-4-33-28-8-6-5-7-26(28)27-19-24(11-14-29(27)33)20-31-15-17-32(18-16-31)30(34)35-21-23-9-12-25(13-10-23)22(2)3/h5-14,19,22H,4,15-18,20-21H2,1-3H3. The molecular formula is C30H35N3O2. The SMILES string of the molecule is CCn1c2ccccc2c2cc(CN3CCN(C(=O)OCc4ccc(C(C)C)cc4)CC3)ccc21. The highest BCUT2D eigenvalue weighted by Crippen LogP contribution is 2.30. The summed E-state index contributed by atoms with van der Waals surface area (Å²) in [7, 11) is 0. The minimum Gasteiger partial charge on any atom is -0.445 e. The van der Waals surface area contributed by atoms with Crippen molar-refractivity contribution in [2.45, 2.75) is 46.4 Å². The Balaban J connectivity index is 1.17. The number of carbonyl (C=O) groups excluding carboxylic acids is 1. The van der Waals surface area contributed by atoms with E-state index in [1.165, 1.54) is 32.9 Å². The molecule has 2 heterocycles. The second-order valence-electron chi connectivity index (χ2n) is 9.83. The van der Waals surface area contributed by atoms with Crippen molar-refractivity contribution >= 4 is 27.9 Å². The molecule has 1 saturated heterocycles. The van der Waals surface area contributed by atoms with Crippen molar-refractivity contribution in [3.8, 4) is 0 Å². The maximum Gasteiger partial charge on any atom is 0.410 e. The Hall–Kier alpha value is -3.31. The Morgan fingerprint density at radius 3 is 2.26 bits per heavy atom. The molecule has 35 heavy (non-hydrogen) atoms. The molecule has 0 bridgehead atoms. The largest absolute Gasteiger partial charge is 0.445 e. The lowest BCUT2D eigenvalue weighted by atomic mass is 10.0. The van der Waals surface area contributed by atoms with Gasteiger partial charge in [-0.25, -0.2) is 4.79 Å². The Morgan fingerprint density at radius 2 is 1.54 bits per heavy atom. The number of nitrogens with zero attached hydrogens (tertiary/aromatic N) is 3. The summed E-state index contributed by atoms with van der Waals surface area (Å²) in [5.41, 5.74) is 6.24. The third-order valence-corrected chi connectivity index (χ3v) is 7.20. The molecule has 1 fully saturated rings. The number of hydrogen-bond acceptors (Lipinski definition) is 3. The van der Waals surface area contributed by atoms with Gasteiger partial charge in [0.2, 0.25) is 0 Å². The number of aryl methyl sites for hydroxylation is 1. The first-order valence-corrected chi connectivity index (χ1v) is 12.8. The maximum absolute atomic E-state index is 12.6. The van der Waals surface area contributed by atoms with E-state index in [9.17, 15) is 4.79 Å². The van der Waals surface area contributed by atoms with Crippen LogP contribution >= 0.6 is 0 Å². The van der Waals surface area contributed by atoms with E-state index in [-0.39, 0.29) is 6.09 Å². The summed E-state index contributed by atoms with van der Waals surface area (Å²) in [6.07, 6.45) is -0.216. The van der Waals surface area contributed by atoms with Crippen LogP contribution in [0.4, 0.5) is 4.79 Å². The van der Waals surface area contributed by atoms with Crippen LogP contribution in [0.2, 0.25) is 0 Å². The quantitative estimate of drug-likeness (QED) is 0.328. The van der Waals surface area contributed by atoms with Crippen molar-refractivity contribution < 1.29 is 9.53 Å². The monoisotopic (exact) mass is 469 g/mol. The fraction of sp³-hybridized carbons (Fsp3) is 0.367. The highest BCUT2D eigenvalue weighted by Gasteiger charge is 2.22. The van der Waals surface area contributed by atoms with Gasteiger partial charge in [-0.2, -0.15) is 0 Å². The van der Waals surface area contributed by atoms with Crippen LogP contribution < -0.4 is 0 Å². The Bertz CT molecular complexity index is 1310. The first-order chi connectivity index (χ1) is 17.0. The molecule has 5 nitrogen and oxygen atoms in total. The first-order valence-electron chi connectivity index (χ1n) is 12.8. The molecule has 0 spiro atoms. The molecule has 0 atom stereocenters. The Kier molecular flexibility index (Phi) is 6.78. The minimum atomic E-state index is -0.216. The third-order valence-electron chi connectivity index (χ3n) is 7.20. The number of carbonyl (C=O) groups is 1. The average molecular weight is 470 g/mol. The summed E-state index contributed by atoms with van der Waals surface area (Å²) in [5, 5.41) is 2.64. The van der Waals surface area contributed by atoms with Crippen LogP contribution in [0, 0.1) is 0 Å². The van der Waals surface area contributed by atoms with Crippen LogP contribution in [-0.2, 0) is 24.4 Å². The molecule has 0 N–H and O–H groups in total. The van der Waals surface area contributed by atoms with Crippen LogP contribution in [0.3, 0.4) is 0 Å². The predicted molar refractivity (Wildman–Crippen MR) is 143 cm³/mol. The highest BCUT2D eigenvalue weighted by atomic mass is 16.6. The van der Waals surface area contributed by atoms with E-state index in [0.717, 1.165) is 31.7 Å². The van der Waals surface area contributed by atoms with Gasteiger partial charge in [-0.1, -0.05) is 62.4 Å². The number of aromatic nitrogens is 1. The first kappa shape index (κ1) is 23.4. The van der Waals surface area contributed by atoms with Gasteiger partial charge in [-0.3, -0.25) is 4.90 Å². The zero-order valence-electron chi connectivity index (χ0n) is 21.0. The highest BCUT2D eigenvalue weighted by molar-refractivity contribution is 6.08. The van der Waals surface area contributed by atoms with E-state index >= 15 is 0 Å². The van der Waals surface area contributed by atoms with Crippen molar-refractivity contribution in [2.75, 3.05) is 26.2 Å². The molecule has 5 heteroatoms. The molecule has 1 amide bonds.